The largest absolute Gasteiger partial charge is 0.743 e. The van der Waals surface area contributed by atoms with Crippen molar-refractivity contribution in [3.8, 4) is 0 Å². The number of halogens is 2. The van der Waals surface area contributed by atoms with Crippen molar-refractivity contribution in [2.24, 2.45) is 53.3 Å². The molecule has 9 nitrogen and oxygen atoms in total. The van der Waals surface area contributed by atoms with Crippen LogP contribution in [0.25, 0.3) is 0 Å². The van der Waals surface area contributed by atoms with Gasteiger partial charge in [-0.1, -0.05) is 68.4 Å². The molecule has 0 aromatic heterocycles. The van der Waals surface area contributed by atoms with Crippen molar-refractivity contribution in [1.82, 2.24) is 0 Å². The molecule has 0 spiro atoms. The lowest BCUT2D eigenvalue weighted by molar-refractivity contribution is -0.231. The van der Waals surface area contributed by atoms with Gasteiger partial charge >= 0.3 is 23.2 Å². The summed E-state index contributed by atoms with van der Waals surface area (Å²) in [6.07, 6.45) is 2.86. The SMILES string of the molecule is CC(C)C1(OC(=O)C2C3CC4C(OC(=O)C42)C3OC(=O)C(F)(F)S(=O)(=O)[O-])C2CC3CC(C2)CC1C3.c1ccc([S+](c2ccccc2)c2ccccc2)cc1. The summed E-state index contributed by atoms with van der Waals surface area (Å²) in [5.41, 5.74) is -0.676. The quantitative estimate of drug-likeness (QED) is 0.0969. The molecule has 0 N–H and O–H groups in total. The smallest absolute Gasteiger partial charge is 0.428 e. The summed E-state index contributed by atoms with van der Waals surface area (Å²) in [6, 6.07) is 32.2. The number of esters is 3. The van der Waals surface area contributed by atoms with Crippen LogP contribution in [-0.2, 0) is 49.6 Å². The molecule has 13 heteroatoms. The predicted octanol–water partition coefficient (Wildman–Crippen LogP) is 7.02. The van der Waals surface area contributed by atoms with Crippen molar-refractivity contribution in [1.29, 1.82) is 0 Å². The maximum atomic E-state index is 13.8. The van der Waals surface area contributed by atoms with Gasteiger partial charge in [-0.15, -0.1) is 0 Å². The zero-order valence-electron chi connectivity index (χ0n) is 30.5. The third kappa shape index (κ3) is 6.47. The fraction of sp³-hybridized carbons (Fsp3) is 0.500. The number of ether oxygens (including phenoxy) is 3. The molecule has 7 fully saturated rings. The Bertz CT molecular complexity index is 1910. The molecule has 6 aliphatic carbocycles. The van der Waals surface area contributed by atoms with E-state index >= 15 is 0 Å². The maximum Gasteiger partial charge on any atom is 0.428 e. The lowest BCUT2D eigenvalue weighted by atomic mass is 9.47. The van der Waals surface area contributed by atoms with Gasteiger partial charge in [0.05, 0.1) is 22.7 Å². The summed E-state index contributed by atoms with van der Waals surface area (Å²) in [4.78, 5) is 42.6. The fourth-order valence-corrected chi connectivity index (χ4v) is 13.6. The molecule has 1 aliphatic heterocycles. The molecule has 6 bridgehead atoms. The van der Waals surface area contributed by atoms with E-state index in [9.17, 15) is 36.1 Å². The number of benzene rings is 3. The predicted molar refractivity (Wildman–Crippen MR) is 195 cm³/mol. The van der Waals surface area contributed by atoms with Gasteiger partial charge in [-0.2, -0.15) is 8.78 Å². The Morgan fingerprint density at radius 3 is 1.71 bits per heavy atom. The van der Waals surface area contributed by atoms with Crippen LogP contribution < -0.4 is 0 Å². The molecular weight excluding hydrogens is 751 g/mol. The summed E-state index contributed by atoms with van der Waals surface area (Å²) < 4.78 is 76.8. The van der Waals surface area contributed by atoms with Crippen LogP contribution in [0.5, 0.6) is 0 Å². The van der Waals surface area contributed by atoms with Crippen LogP contribution in [0.2, 0.25) is 0 Å². The summed E-state index contributed by atoms with van der Waals surface area (Å²) in [6.45, 7) is 4.07. The van der Waals surface area contributed by atoms with E-state index in [1.54, 1.807) is 0 Å². The van der Waals surface area contributed by atoms with E-state index in [0.29, 0.717) is 11.8 Å². The highest BCUT2D eigenvalue weighted by Crippen LogP contribution is 2.64. The molecule has 0 radical (unpaired) electrons. The summed E-state index contributed by atoms with van der Waals surface area (Å²) >= 11 is 0. The second-order valence-corrected chi connectivity index (χ2v) is 19.8. The molecule has 6 atom stereocenters. The minimum Gasteiger partial charge on any atom is -0.743 e. The molecule has 3 aromatic rings. The van der Waals surface area contributed by atoms with Crippen molar-refractivity contribution in [2.45, 2.75) is 90.1 Å². The summed E-state index contributed by atoms with van der Waals surface area (Å²) in [5, 5.41) is -5.30. The second kappa shape index (κ2) is 14.3. The molecule has 55 heavy (non-hydrogen) atoms. The minimum absolute atomic E-state index is 0.0146. The van der Waals surface area contributed by atoms with Gasteiger partial charge in [0.1, 0.15) is 17.8 Å². The Labute approximate surface area is 322 Å². The monoisotopic (exact) mass is 794 g/mol. The number of carbonyl (C=O) groups is 3. The second-order valence-electron chi connectivity index (χ2n) is 16.3. The van der Waals surface area contributed by atoms with Gasteiger partial charge in [-0.25, -0.2) is 13.2 Å². The van der Waals surface area contributed by atoms with Crippen LogP contribution in [0.3, 0.4) is 0 Å². The molecule has 6 unspecified atom stereocenters. The van der Waals surface area contributed by atoms with Crippen LogP contribution in [0, 0.1) is 53.3 Å². The van der Waals surface area contributed by atoms with Crippen molar-refractivity contribution >= 4 is 38.9 Å². The molecule has 0 amide bonds. The van der Waals surface area contributed by atoms with Gasteiger partial charge in [0, 0.05) is 11.8 Å². The number of carbonyl (C=O) groups excluding carboxylic acids is 3. The maximum absolute atomic E-state index is 13.8. The molecule has 3 aromatic carbocycles. The van der Waals surface area contributed by atoms with Crippen molar-refractivity contribution < 1.29 is 50.3 Å². The first-order valence-corrected chi connectivity index (χ1v) is 21.7. The van der Waals surface area contributed by atoms with Gasteiger partial charge in [0.15, 0.2) is 24.8 Å². The van der Waals surface area contributed by atoms with Crippen LogP contribution in [0.4, 0.5) is 8.78 Å². The molecule has 10 rings (SSSR count). The fourth-order valence-electron chi connectivity index (χ4n) is 11.2. The number of rotatable bonds is 9. The number of fused-ring (bicyclic) bond motifs is 1. The molecular formula is C42H44F2O9S2. The average Bonchev–Trinajstić information content (AvgIpc) is 3.78. The van der Waals surface area contributed by atoms with E-state index in [0.717, 1.165) is 25.7 Å². The van der Waals surface area contributed by atoms with E-state index in [1.807, 2.05) is 13.8 Å². The minimum atomic E-state index is -6.31. The van der Waals surface area contributed by atoms with Gasteiger partial charge in [0.25, 0.3) is 0 Å². The Hall–Kier alpha value is -3.81. The average molecular weight is 795 g/mol. The van der Waals surface area contributed by atoms with Crippen molar-refractivity contribution in [3.05, 3.63) is 91.0 Å². The van der Waals surface area contributed by atoms with E-state index < -0.39 is 74.8 Å². The van der Waals surface area contributed by atoms with E-state index in [-0.39, 0.29) is 35.1 Å². The first-order chi connectivity index (χ1) is 26.2. The van der Waals surface area contributed by atoms with Crippen LogP contribution in [-0.4, -0.2) is 53.9 Å². The zero-order valence-corrected chi connectivity index (χ0v) is 32.1. The zero-order chi connectivity index (χ0) is 38.9. The number of hydrogen-bond donors (Lipinski definition) is 0. The highest BCUT2D eigenvalue weighted by molar-refractivity contribution is 7.97. The number of alkyl halides is 2. The summed E-state index contributed by atoms with van der Waals surface area (Å²) in [5.74, 6) is -5.35. The first-order valence-electron chi connectivity index (χ1n) is 19.1. The van der Waals surface area contributed by atoms with Gasteiger partial charge < -0.3 is 18.8 Å². The molecule has 6 saturated carbocycles. The Morgan fingerprint density at radius 2 is 1.27 bits per heavy atom. The van der Waals surface area contributed by atoms with Gasteiger partial charge in [0.2, 0.25) is 0 Å². The topological polar surface area (TPSA) is 136 Å². The lowest BCUT2D eigenvalue weighted by Gasteiger charge is -2.62. The van der Waals surface area contributed by atoms with Crippen LogP contribution >= 0.6 is 0 Å². The Balaban J connectivity index is 0.000000189. The van der Waals surface area contributed by atoms with Crippen LogP contribution in [0.1, 0.15) is 52.4 Å². The first kappa shape index (κ1) is 38.1. The Kier molecular flexibility index (Phi) is 9.89. The molecule has 7 aliphatic rings. The number of hydrogen-bond acceptors (Lipinski definition) is 9. The van der Waals surface area contributed by atoms with E-state index in [4.69, 9.17) is 14.2 Å². The molecule has 1 saturated heterocycles. The third-order valence-corrected chi connectivity index (χ3v) is 16.2. The van der Waals surface area contributed by atoms with E-state index in [2.05, 4.69) is 91.0 Å². The Morgan fingerprint density at radius 1 is 0.800 bits per heavy atom. The van der Waals surface area contributed by atoms with Crippen molar-refractivity contribution in [3.63, 3.8) is 0 Å². The highest BCUT2D eigenvalue weighted by Gasteiger charge is 2.72. The normalized spacial score (nSPS) is 34.0. The third-order valence-electron chi connectivity index (χ3n) is 13.1. The molecule has 1 heterocycles. The summed E-state index contributed by atoms with van der Waals surface area (Å²) in [7, 11) is -6.33. The standard InChI is InChI=1S/C24H30F2O9S.C18H15S/c1-9(2)23(12-4-10-3-11(6-12)7-13(23)5-10)35-21(28)17-15-8-14-16(17)20(27)33-18(14)19(15)34-22(29)24(25,26)36(30,31)32;1-4-10-16(11-5-1)19(17-12-6-2-7-13-17)18-14-8-3-9-15-18/h9-19H,3-8H2,1-2H3,(H,30,31,32);1-15H/q;+1/p-1. The molecule has 292 valence electrons. The van der Waals surface area contributed by atoms with Crippen molar-refractivity contribution in [2.75, 3.05) is 0 Å². The van der Waals surface area contributed by atoms with Crippen LogP contribution in [0.15, 0.2) is 106 Å². The van der Waals surface area contributed by atoms with E-state index in [1.165, 1.54) is 21.1 Å². The van der Waals surface area contributed by atoms with Gasteiger partial charge in [-0.3, -0.25) is 9.59 Å². The van der Waals surface area contributed by atoms with Gasteiger partial charge in [-0.05, 0) is 105 Å². The highest BCUT2D eigenvalue weighted by atomic mass is 32.2. The lowest BCUT2D eigenvalue weighted by Crippen LogP contribution is -2.63.